The molecule has 0 aliphatic heterocycles. The van der Waals surface area contributed by atoms with E-state index in [9.17, 15) is 18.0 Å². The molecule has 1 heterocycles. The zero-order valence-electron chi connectivity index (χ0n) is 10.6. The van der Waals surface area contributed by atoms with Crippen LogP contribution in [0.1, 0.15) is 18.2 Å². The minimum Gasteiger partial charge on any atom is -0.481 e. The third-order valence-electron chi connectivity index (χ3n) is 3.01. The molecule has 1 atom stereocenters. The lowest BCUT2D eigenvalue weighted by Gasteiger charge is -2.09. The molecular formula is C14H12F3NO2. The number of aromatic nitrogens is 1. The number of aliphatic carboxylic acids is 1. The Morgan fingerprint density at radius 2 is 1.95 bits per heavy atom. The molecular weight excluding hydrogens is 271 g/mol. The van der Waals surface area contributed by atoms with Gasteiger partial charge in [0.05, 0.1) is 17.0 Å². The number of carboxylic acids is 1. The second kappa shape index (κ2) is 5.11. The molecule has 1 aromatic heterocycles. The summed E-state index contributed by atoms with van der Waals surface area (Å²) < 4.78 is 37.9. The Morgan fingerprint density at radius 3 is 2.55 bits per heavy atom. The Morgan fingerprint density at radius 1 is 1.30 bits per heavy atom. The molecule has 1 aromatic carbocycles. The standard InChI is InChI=1S/C14H12F3NO2/c1-8(13(19)20)6-11-5-3-9-2-4-10(14(15,16)17)7-12(9)18-11/h2-5,7-8H,6H2,1H3,(H,19,20). The molecule has 0 radical (unpaired) electrons. The molecule has 2 rings (SSSR count). The van der Waals surface area contributed by atoms with Crippen molar-refractivity contribution in [3.8, 4) is 0 Å². The van der Waals surface area contributed by atoms with Crippen molar-refractivity contribution in [1.29, 1.82) is 0 Å². The highest BCUT2D eigenvalue weighted by Gasteiger charge is 2.30. The number of hydrogen-bond donors (Lipinski definition) is 1. The average Bonchev–Trinajstić information content (AvgIpc) is 2.36. The molecule has 106 valence electrons. The number of carbonyl (C=O) groups is 1. The van der Waals surface area contributed by atoms with Gasteiger partial charge in [0.15, 0.2) is 0 Å². The van der Waals surface area contributed by atoms with E-state index in [1.54, 1.807) is 12.1 Å². The van der Waals surface area contributed by atoms with Crippen molar-refractivity contribution in [2.75, 3.05) is 0 Å². The van der Waals surface area contributed by atoms with Gasteiger partial charge in [-0.15, -0.1) is 0 Å². The van der Waals surface area contributed by atoms with Crippen LogP contribution in [0, 0.1) is 5.92 Å². The number of hydrogen-bond acceptors (Lipinski definition) is 2. The van der Waals surface area contributed by atoms with Crippen LogP contribution >= 0.6 is 0 Å². The third-order valence-corrected chi connectivity index (χ3v) is 3.01. The van der Waals surface area contributed by atoms with Crippen LogP contribution in [0.25, 0.3) is 10.9 Å². The molecule has 0 saturated carbocycles. The monoisotopic (exact) mass is 283 g/mol. The summed E-state index contributed by atoms with van der Waals surface area (Å²) in [6.07, 6.45) is -4.23. The minimum atomic E-state index is -4.42. The van der Waals surface area contributed by atoms with Crippen LogP contribution in [0.2, 0.25) is 0 Å². The topological polar surface area (TPSA) is 50.2 Å². The molecule has 20 heavy (non-hydrogen) atoms. The summed E-state index contributed by atoms with van der Waals surface area (Å²) in [7, 11) is 0. The quantitative estimate of drug-likeness (QED) is 0.937. The first-order chi connectivity index (χ1) is 9.27. The van der Waals surface area contributed by atoms with Gasteiger partial charge in [-0.2, -0.15) is 13.2 Å². The van der Waals surface area contributed by atoms with Crippen LogP contribution in [0.15, 0.2) is 30.3 Å². The average molecular weight is 283 g/mol. The predicted octanol–water partition coefficient (Wildman–Crippen LogP) is 3.52. The summed E-state index contributed by atoms with van der Waals surface area (Å²) >= 11 is 0. The van der Waals surface area contributed by atoms with E-state index in [0.717, 1.165) is 12.1 Å². The number of carboxylic acid groups (broad SMARTS) is 1. The number of rotatable bonds is 3. The van der Waals surface area contributed by atoms with Gasteiger partial charge in [0.1, 0.15) is 0 Å². The summed E-state index contributed by atoms with van der Waals surface area (Å²) in [4.78, 5) is 14.9. The number of benzene rings is 1. The SMILES string of the molecule is CC(Cc1ccc2ccc(C(F)(F)F)cc2n1)C(=O)O. The van der Waals surface area contributed by atoms with E-state index < -0.39 is 23.6 Å². The Hall–Kier alpha value is -2.11. The largest absolute Gasteiger partial charge is 0.481 e. The van der Waals surface area contributed by atoms with Crippen LogP contribution in [-0.2, 0) is 17.4 Å². The molecule has 0 bridgehead atoms. The summed E-state index contributed by atoms with van der Waals surface area (Å²) in [5.41, 5.74) is -0.0810. The summed E-state index contributed by atoms with van der Waals surface area (Å²) in [6, 6.07) is 6.62. The normalized spacial score (nSPS) is 13.4. The lowest BCUT2D eigenvalue weighted by Crippen LogP contribution is -2.13. The first-order valence-corrected chi connectivity index (χ1v) is 5.97. The van der Waals surface area contributed by atoms with Gasteiger partial charge >= 0.3 is 12.1 Å². The maximum absolute atomic E-state index is 12.6. The number of nitrogens with zero attached hydrogens (tertiary/aromatic N) is 1. The highest BCUT2D eigenvalue weighted by atomic mass is 19.4. The molecule has 0 aliphatic rings. The molecule has 1 unspecified atom stereocenters. The van der Waals surface area contributed by atoms with E-state index in [0.29, 0.717) is 11.1 Å². The molecule has 0 fully saturated rings. The first kappa shape index (κ1) is 14.3. The van der Waals surface area contributed by atoms with Gasteiger partial charge in [-0.1, -0.05) is 19.1 Å². The van der Waals surface area contributed by atoms with Crippen molar-refractivity contribution in [3.05, 3.63) is 41.6 Å². The highest BCUT2D eigenvalue weighted by molar-refractivity contribution is 5.79. The fraction of sp³-hybridized carbons (Fsp3) is 0.286. The first-order valence-electron chi connectivity index (χ1n) is 5.97. The molecule has 0 spiro atoms. The molecule has 2 aromatic rings. The minimum absolute atomic E-state index is 0.182. The zero-order chi connectivity index (χ0) is 14.9. The Labute approximate surface area is 113 Å². The Bertz CT molecular complexity index is 652. The summed E-state index contributed by atoms with van der Waals surface area (Å²) in [6.45, 7) is 1.53. The van der Waals surface area contributed by atoms with E-state index >= 15 is 0 Å². The fourth-order valence-electron chi connectivity index (χ4n) is 1.85. The number of alkyl halides is 3. The van der Waals surface area contributed by atoms with E-state index in [1.165, 1.54) is 13.0 Å². The maximum atomic E-state index is 12.6. The van der Waals surface area contributed by atoms with Gasteiger partial charge in [-0.05, 0) is 18.2 Å². The van der Waals surface area contributed by atoms with Crippen molar-refractivity contribution >= 4 is 16.9 Å². The number of fused-ring (bicyclic) bond motifs is 1. The van der Waals surface area contributed by atoms with Gasteiger partial charge in [0.2, 0.25) is 0 Å². The van der Waals surface area contributed by atoms with E-state index in [2.05, 4.69) is 4.98 Å². The van der Waals surface area contributed by atoms with Crippen LogP contribution in [0.5, 0.6) is 0 Å². The smallest absolute Gasteiger partial charge is 0.416 e. The predicted molar refractivity (Wildman–Crippen MR) is 67.2 cm³/mol. The summed E-state index contributed by atoms with van der Waals surface area (Å²) in [5, 5.41) is 9.42. The summed E-state index contributed by atoms with van der Waals surface area (Å²) in [5.74, 6) is -1.60. The van der Waals surface area contributed by atoms with E-state index in [1.807, 2.05) is 0 Å². The zero-order valence-corrected chi connectivity index (χ0v) is 10.6. The van der Waals surface area contributed by atoms with Crippen LogP contribution in [0.4, 0.5) is 13.2 Å². The van der Waals surface area contributed by atoms with Gasteiger partial charge in [0.25, 0.3) is 0 Å². The molecule has 0 aliphatic carbocycles. The van der Waals surface area contributed by atoms with Crippen LogP contribution in [-0.4, -0.2) is 16.1 Å². The van der Waals surface area contributed by atoms with E-state index in [-0.39, 0.29) is 11.9 Å². The van der Waals surface area contributed by atoms with Crippen molar-refractivity contribution < 1.29 is 23.1 Å². The van der Waals surface area contributed by atoms with Gasteiger partial charge in [-0.3, -0.25) is 9.78 Å². The second-order valence-corrected chi connectivity index (χ2v) is 4.65. The second-order valence-electron chi connectivity index (χ2n) is 4.65. The van der Waals surface area contributed by atoms with Crippen molar-refractivity contribution in [2.45, 2.75) is 19.5 Å². The Balaban J connectivity index is 2.39. The van der Waals surface area contributed by atoms with Gasteiger partial charge in [-0.25, -0.2) is 0 Å². The molecule has 0 amide bonds. The number of halogens is 3. The van der Waals surface area contributed by atoms with Gasteiger partial charge < -0.3 is 5.11 Å². The van der Waals surface area contributed by atoms with Crippen LogP contribution in [0.3, 0.4) is 0 Å². The lowest BCUT2D eigenvalue weighted by molar-refractivity contribution is -0.141. The van der Waals surface area contributed by atoms with Crippen molar-refractivity contribution in [2.24, 2.45) is 5.92 Å². The van der Waals surface area contributed by atoms with Gasteiger partial charge in [0, 0.05) is 17.5 Å². The fourth-order valence-corrected chi connectivity index (χ4v) is 1.85. The number of pyridine rings is 1. The van der Waals surface area contributed by atoms with Crippen molar-refractivity contribution in [3.63, 3.8) is 0 Å². The van der Waals surface area contributed by atoms with Crippen LogP contribution < -0.4 is 0 Å². The van der Waals surface area contributed by atoms with E-state index in [4.69, 9.17) is 5.11 Å². The van der Waals surface area contributed by atoms with Crippen molar-refractivity contribution in [1.82, 2.24) is 4.98 Å². The third kappa shape index (κ3) is 3.07. The highest BCUT2D eigenvalue weighted by Crippen LogP contribution is 2.31. The maximum Gasteiger partial charge on any atom is 0.416 e. The Kier molecular flexibility index (Phi) is 3.65. The lowest BCUT2D eigenvalue weighted by atomic mass is 10.0. The molecule has 1 N–H and O–H groups in total. The molecule has 3 nitrogen and oxygen atoms in total. The molecule has 6 heteroatoms. The molecule has 0 saturated heterocycles.